The van der Waals surface area contributed by atoms with Crippen molar-refractivity contribution in [1.82, 2.24) is 15.1 Å². The Morgan fingerprint density at radius 3 is 2.61 bits per heavy atom. The summed E-state index contributed by atoms with van der Waals surface area (Å²) >= 11 is 0. The van der Waals surface area contributed by atoms with Crippen molar-refractivity contribution >= 4 is 0 Å². The predicted octanol–water partition coefficient (Wildman–Crippen LogP) is 3.06. The minimum Gasteiger partial charge on any atom is -0.472 e. The molecule has 4 heterocycles. The summed E-state index contributed by atoms with van der Waals surface area (Å²) in [6.45, 7) is 5.27. The first-order valence-corrected chi connectivity index (χ1v) is 8.18. The van der Waals surface area contributed by atoms with Crippen LogP contribution in [0.15, 0.2) is 30.3 Å². The third kappa shape index (κ3) is 2.93. The molecule has 3 fully saturated rings. The number of aryl methyl sites for hydroxylation is 1. The minimum absolute atomic E-state index is 0.202. The lowest BCUT2D eigenvalue weighted by Gasteiger charge is -2.44. The molecule has 3 aliphatic rings. The zero-order chi connectivity index (χ0) is 15.8. The summed E-state index contributed by atoms with van der Waals surface area (Å²) < 4.78 is 20.0. The lowest BCUT2D eigenvalue weighted by molar-refractivity contribution is -0.0103. The molecule has 0 aliphatic carbocycles. The molecule has 0 saturated carbocycles. The van der Waals surface area contributed by atoms with Gasteiger partial charge < -0.3 is 4.74 Å². The molecule has 1 aromatic heterocycles. The lowest BCUT2D eigenvalue weighted by Crippen LogP contribution is -2.52. The van der Waals surface area contributed by atoms with Crippen LogP contribution in [0, 0.1) is 18.7 Å². The van der Waals surface area contributed by atoms with Gasteiger partial charge in [0.2, 0.25) is 5.88 Å². The van der Waals surface area contributed by atoms with Crippen LogP contribution in [0.4, 0.5) is 4.39 Å². The number of fused-ring (bicyclic) bond motifs is 3. The van der Waals surface area contributed by atoms with E-state index in [0.29, 0.717) is 23.1 Å². The van der Waals surface area contributed by atoms with E-state index in [9.17, 15) is 4.39 Å². The molecule has 1 atom stereocenters. The Morgan fingerprint density at radius 1 is 1.13 bits per heavy atom. The van der Waals surface area contributed by atoms with E-state index in [0.717, 1.165) is 12.1 Å². The SMILES string of the molecule is Cc1ccc(F)c(-c2ccc(O[C@H]3CN4CCC3CC4)nn2)c1. The number of hydrogen-bond acceptors (Lipinski definition) is 4. The Balaban J connectivity index is 1.51. The van der Waals surface area contributed by atoms with Crippen molar-refractivity contribution in [2.75, 3.05) is 19.6 Å². The molecular formula is C18H20FN3O. The maximum atomic E-state index is 13.9. The van der Waals surface area contributed by atoms with E-state index in [4.69, 9.17) is 4.74 Å². The van der Waals surface area contributed by atoms with Crippen molar-refractivity contribution in [3.63, 3.8) is 0 Å². The zero-order valence-corrected chi connectivity index (χ0v) is 13.2. The van der Waals surface area contributed by atoms with Gasteiger partial charge in [0.1, 0.15) is 11.9 Å². The summed E-state index contributed by atoms with van der Waals surface area (Å²) in [7, 11) is 0. The van der Waals surface area contributed by atoms with Gasteiger partial charge in [-0.25, -0.2) is 4.39 Å². The van der Waals surface area contributed by atoms with Gasteiger partial charge in [-0.2, -0.15) is 0 Å². The third-order valence-electron chi connectivity index (χ3n) is 4.91. The van der Waals surface area contributed by atoms with Crippen molar-refractivity contribution in [3.05, 3.63) is 41.7 Å². The van der Waals surface area contributed by atoms with Crippen LogP contribution in [0.25, 0.3) is 11.3 Å². The fourth-order valence-corrected chi connectivity index (χ4v) is 3.56. The first kappa shape index (κ1) is 14.6. The van der Waals surface area contributed by atoms with Crippen LogP contribution in [0.5, 0.6) is 5.88 Å². The van der Waals surface area contributed by atoms with Crippen molar-refractivity contribution in [2.24, 2.45) is 5.92 Å². The van der Waals surface area contributed by atoms with Gasteiger partial charge in [0.25, 0.3) is 0 Å². The topological polar surface area (TPSA) is 38.2 Å². The lowest BCUT2D eigenvalue weighted by atomic mass is 9.86. The van der Waals surface area contributed by atoms with Crippen LogP contribution in [0.3, 0.4) is 0 Å². The van der Waals surface area contributed by atoms with Crippen molar-refractivity contribution < 1.29 is 9.13 Å². The van der Waals surface area contributed by atoms with Crippen LogP contribution in [-0.4, -0.2) is 40.8 Å². The molecule has 4 nitrogen and oxygen atoms in total. The smallest absolute Gasteiger partial charge is 0.233 e. The van der Waals surface area contributed by atoms with Gasteiger partial charge in [-0.15, -0.1) is 10.2 Å². The summed E-state index contributed by atoms with van der Waals surface area (Å²) in [5.41, 5.74) is 2.01. The van der Waals surface area contributed by atoms with E-state index < -0.39 is 0 Å². The van der Waals surface area contributed by atoms with Crippen molar-refractivity contribution in [3.8, 4) is 17.1 Å². The fourth-order valence-electron chi connectivity index (χ4n) is 3.56. The van der Waals surface area contributed by atoms with E-state index in [2.05, 4.69) is 15.1 Å². The van der Waals surface area contributed by atoms with Gasteiger partial charge in [0.05, 0.1) is 5.69 Å². The number of hydrogen-bond donors (Lipinski definition) is 0. The quantitative estimate of drug-likeness (QED) is 0.873. The van der Waals surface area contributed by atoms with Crippen LogP contribution >= 0.6 is 0 Å². The van der Waals surface area contributed by atoms with E-state index in [-0.39, 0.29) is 11.9 Å². The average molecular weight is 313 g/mol. The molecule has 5 heteroatoms. The minimum atomic E-state index is -0.282. The maximum Gasteiger partial charge on any atom is 0.233 e. The van der Waals surface area contributed by atoms with Crippen LogP contribution in [-0.2, 0) is 0 Å². The molecule has 23 heavy (non-hydrogen) atoms. The summed E-state index contributed by atoms with van der Waals surface area (Å²) in [4.78, 5) is 2.44. The Bertz CT molecular complexity index is 696. The number of rotatable bonds is 3. The molecule has 2 bridgehead atoms. The average Bonchev–Trinajstić information content (AvgIpc) is 2.59. The van der Waals surface area contributed by atoms with Gasteiger partial charge in [0.15, 0.2) is 0 Å². The molecule has 0 N–H and O–H groups in total. The molecule has 0 amide bonds. The number of aromatic nitrogens is 2. The second-order valence-corrected chi connectivity index (χ2v) is 6.53. The Labute approximate surface area is 135 Å². The molecule has 0 spiro atoms. The Morgan fingerprint density at radius 2 is 1.96 bits per heavy atom. The molecule has 0 unspecified atom stereocenters. The van der Waals surface area contributed by atoms with E-state index >= 15 is 0 Å². The summed E-state index contributed by atoms with van der Waals surface area (Å²) in [6.07, 6.45) is 2.60. The van der Waals surface area contributed by atoms with E-state index in [1.165, 1.54) is 32.0 Å². The number of benzene rings is 1. The van der Waals surface area contributed by atoms with Crippen molar-refractivity contribution in [1.29, 1.82) is 0 Å². The highest BCUT2D eigenvalue weighted by Crippen LogP contribution is 2.30. The monoisotopic (exact) mass is 313 g/mol. The standard InChI is InChI=1S/C18H20FN3O/c1-12-2-3-15(19)14(10-12)16-4-5-18(21-20-16)23-17-11-22-8-6-13(17)7-9-22/h2-5,10,13,17H,6-9,11H2,1H3/t17-/m0/s1. The van der Waals surface area contributed by atoms with Crippen molar-refractivity contribution in [2.45, 2.75) is 25.9 Å². The van der Waals surface area contributed by atoms with Gasteiger partial charge in [-0.3, -0.25) is 4.90 Å². The zero-order valence-electron chi connectivity index (χ0n) is 13.2. The normalized spacial score (nSPS) is 26.3. The Hall–Kier alpha value is -2.01. The summed E-state index contributed by atoms with van der Waals surface area (Å²) in [6, 6.07) is 8.57. The first-order valence-electron chi connectivity index (χ1n) is 8.18. The fraction of sp³-hybridized carbons (Fsp3) is 0.444. The summed E-state index contributed by atoms with van der Waals surface area (Å²) in [5, 5.41) is 8.30. The Kier molecular flexibility index (Phi) is 3.73. The third-order valence-corrected chi connectivity index (χ3v) is 4.91. The van der Waals surface area contributed by atoms with E-state index in [1.807, 2.05) is 6.92 Å². The maximum absolute atomic E-state index is 13.9. The molecule has 120 valence electrons. The number of nitrogens with zero attached hydrogens (tertiary/aromatic N) is 3. The van der Waals surface area contributed by atoms with Gasteiger partial charge in [-0.05, 0) is 57.0 Å². The molecule has 0 radical (unpaired) electrons. The van der Waals surface area contributed by atoms with Crippen LogP contribution < -0.4 is 4.74 Å². The molecule has 3 aliphatic heterocycles. The largest absolute Gasteiger partial charge is 0.472 e. The number of ether oxygens (including phenoxy) is 1. The highest BCUT2D eigenvalue weighted by Gasteiger charge is 2.35. The second-order valence-electron chi connectivity index (χ2n) is 6.53. The number of halogens is 1. The molecule has 1 aromatic carbocycles. The number of piperidine rings is 3. The molecule has 5 rings (SSSR count). The second kappa shape index (κ2) is 5.89. The van der Waals surface area contributed by atoms with Gasteiger partial charge >= 0.3 is 0 Å². The van der Waals surface area contributed by atoms with Crippen LogP contribution in [0.1, 0.15) is 18.4 Å². The van der Waals surface area contributed by atoms with E-state index in [1.54, 1.807) is 24.3 Å². The highest BCUT2D eigenvalue weighted by molar-refractivity contribution is 5.60. The predicted molar refractivity (Wildman–Crippen MR) is 85.7 cm³/mol. The molecular weight excluding hydrogens is 293 g/mol. The highest BCUT2D eigenvalue weighted by atomic mass is 19.1. The van der Waals surface area contributed by atoms with Crippen LogP contribution in [0.2, 0.25) is 0 Å². The first-order chi connectivity index (χ1) is 11.2. The van der Waals surface area contributed by atoms with Gasteiger partial charge in [0, 0.05) is 18.2 Å². The van der Waals surface area contributed by atoms with Gasteiger partial charge in [-0.1, -0.05) is 11.6 Å². The summed E-state index contributed by atoms with van der Waals surface area (Å²) in [5.74, 6) is 0.868. The molecule has 3 saturated heterocycles. The molecule has 2 aromatic rings.